The Labute approximate surface area is 124 Å². The van der Waals surface area contributed by atoms with E-state index in [1.165, 1.54) is 0 Å². The number of benzene rings is 1. The number of carbonyl (C=O) groups is 2. The van der Waals surface area contributed by atoms with Gasteiger partial charge in [-0.15, -0.1) is 5.48 Å². The Kier molecular flexibility index (Phi) is 7.25. The third kappa shape index (κ3) is 7.94. The van der Waals surface area contributed by atoms with E-state index >= 15 is 0 Å². The minimum absolute atomic E-state index is 0.0835. The number of hydrogen-bond donors (Lipinski definition) is 2. The molecule has 0 aromatic heterocycles. The lowest BCUT2D eigenvalue weighted by molar-refractivity contribution is -0.152. The van der Waals surface area contributed by atoms with E-state index in [0.29, 0.717) is 6.42 Å². The van der Waals surface area contributed by atoms with E-state index in [2.05, 4.69) is 4.84 Å². The molecule has 1 aromatic rings. The van der Waals surface area contributed by atoms with Crippen molar-refractivity contribution in [3.63, 3.8) is 0 Å². The van der Waals surface area contributed by atoms with Crippen LogP contribution in [0, 0.1) is 5.92 Å². The van der Waals surface area contributed by atoms with E-state index in [4.69, 9.17) is 4.74 Å². The van der Waals surface area contributed by atoms with Crippen LogP contribution in [0.1, 0.15) is 32.3 Å². The number of hydroxylamine groups is 1. The summed E-state index contributed by atoms with van der Waals surface area (Å²) >= 11 is 0. The van der Waals surface area contributed by atoms with Gasteiger partial charge in [0, 0.05) is 0 Å². The van der Waals surface area contributed by atoms with Crippen molar-refractivity contribution in [3.8, 4) is 0 Å². The molecule has 1 amide bonds. The normalized spacial score (nSPS) is 11.8. The molecule has 1 unspecified atom stereocenters. The molecule has 0 heterocycles. The van der Waals surface area contributed by atoms with Crippen molar-refractivity contribution in [2.75, 3.05) is 0 Å². The number of carbonyl (C=O) groups excluding carboxylic acids is 2. The summed E-state index contributed by atoms with van der Waals surface area (Å²) in [5, 5.41) is 9.56. The summed E-state index contributed by atoms with van der Waals surface area (Å²) in [5.74, 6) is -0.434. The minimum atomic E-state index is -0.856. The molecule has 0 aliphatic carbocycles. The van der Waals surface area contributed by atoms with Crippen LogP contribution < -0.4 is 5.48 Å². The van der Waals surface area contributed by atoms with Crippen molar-refractivity contribution >= 4 is 12.1 Å². The summed E-state index contributed by atoms with van der Waals surface area (Å²) in [5.41, 5.74) is 2.71. The Balaban J connectivity index is 2.19. The second kappa shape index (κ2) is 8.97. The lowest BCUT2D eigenvalue weighted by Crippen LogP contribution is -2.29. The van der Waals surface area contributed by atoms with Crippen LogP contribution in [-0.2, 0) is 21.0 Å². The van der Waals surface area contributed by atoms with E-state index < -0.39 is 18.2 Å². The Morgan fingerprint density at radius 3 is 2.52 bits per heavy atom. The first kappa shape index (κ1) is 17.0. The Morgan fingerprint density at radius 2 is 1.90 bits per heavy atom. The Bertz CT molecular complexity index is 447. The van der Waals surface area contributed by atoms with Gasteiger partial charge in [-0.05, 0) is 17.9 Å². The number of nitrogens with one attached hydrogen (secondary N) is 1. The summed E-state index contributed by atoms with van der Waals surface area (Å²) in [6.45, 7) is 3.96. The monoisotopic (exact) mass is 295 g/mol. The predicted molar refractivity (Wildman–Crippen MR) is 75.9 cm³/mol. The smallest absolute Gasteiger partial charge is 0.441 e. The Hall–Kier alpha value is -2.08. The van der Waals surface area contributed by atoms with Gasteiger partial charge >= 0.3 is 12.1 Å². The standard InChI is InChI=1S/C15H21NO5/c1-11(2)8-13(17)9-14(18)21-16-15(19)20-10-12-6-4-3-5-7-12/h3-7,11,13,17H,8-10H2,1-2H3,(H,16,19). The van der Waals surface area contributed by atoms with Crippen molar-refractivity contribution < 1.29 is 24.3 Å². The molecular formula is C15H21NO5. The molecule has 0 saturated carbocycles. The Morgan fingerprint density at radius 1 is 1.24 bits per heavy atom. The van der Waals surface area contributed by atoms with Crippen molar-refractivity contribution in [1.29, 1.82) is 0 Å². The average Bonchev–Trinajstić information content (AvgIpc) is 2.43. The molecule has 0 radical (unpaired) electrons. The molecule has 1 rings (SSSR count). The van der Waals surface area contributed by atoms with Crippen LogP contribution in [-0.4, -0.2) is 23.3 Å². The molecule has 0 fully saturated rings. The number of ether oxygens (including phenoxy) is 1. The van der Waals surface area contributed by atoms with Gasteiger partial charge < -0.3 is 14.7 Å². The number of aliphatic hydroxyl groups excluding tert-OH is 1. The molecule has 0 spiro atoms. The summed E-state index contributed by atoms with van der Waals surface area (Å²) in [4.78, 5) is 27.2. The fourth-order valence-electron chi connectivity index (χ4n) is 1.71. The van der Waals surface area contributed by atoms with Crippen LogP contribution in [0.4, 0.5) is 4.79 Å². The fourth-order valence-corrected chi connectivity index (χ4v) is 1.71. The third-order valence-corrected chi connectivity index (χ3v) is 2.61. The molecular weight excluding hydrogens is 274 g/mol. The second-order valence-electron chi connectivity index (χ2n) is 5.13. The number of aliphatic hydroxyl groups is 1. The molecule has 116 valence electrons. The van der Waals surface area contributed by atoms with E-state index in [1.54, 1.807) is 0 Å². The average molecular weight is 295 g/mol. The minimum Gasteiger partial charge on any atom is -0.443 e. The van der Waals surface area contributed by atoms with E-state index in [0.717, 1.165) is 5.56 Å². The van der Waals surface area contributed by atoms with Crippen molar-refractivity contribution in [3.05, 3.63) is 35.9 Å². The van der Waals surface area contributed by atoms with Gasteiger partial charge in [0.2, 0.25) is 0 Å². The van der Waals surface area contributed by atoms with Gasteiger partial charge in [0.15, 0.2) is 0 Å². The summed E-state index contributed by atoms with van der Waals surface area (Å²) in [6.07, 6.45) is -1.31. The van der Waals surface area contributed by atoms with Crippen LogP contribution in [0.2, 0.25) is 0 Å². The third-order valence-electron chi connectivity index (χ3n) is 2.61. The molecule has 0 aliphatic heterocycles. The quantitative estimate of drug-likeness (QED) is 0.786. The first-order valence-corrected chi connectivity index (χ1v) is 6.81. The molecule has 0 aliphatic rings. The zero-order valence-electron chi connectivity index (χ0n) is 12.2. The largest absolute Gasteiger partial charge is 0.443 e. The van der Waals surface area contributed by atoms with Crippen LogP contribution in [0.3, 0.4) is 0 Å². The molecule has 21 heavy (non-hydrogen) atoms. The first-order chi connectivity index (χ1) is 9.97. The van der Waals surface area contributed by atoms with Gasteiger partial charge in [-0.1, -0.05) is 44.2 Å². The topological polar surface area (TPSA) is 84.9 Å². The maximum absolute atomic E-state index is 11.4. The molecule has 1 atom stereocenters. The van der Waals surface area contributed by atoms with Gasteiger partial charge in [-0.3, -0.25) is 0 Å². The van der Waals surface area contributed by atoms with E-state index in [9.17, 15) is 14.7 Å². The molecule has 1 aromatic carbocycles. The fraction of sp³-hybridized carbons (Fsp3) is 0.467. The summed E-state index contributed by atoms with van der Waals surface area (Å²) in [6, 6.07) is 9.12. The van der Waals surface area contributed by atoms with Crippen molar-refractivity contribution in [1.82, 2.24) is 5.48 Å². The summed E-state index contributed by atoms with van der Waals surface area (Å²) < 4.78 is 4.86. The van der Waals surface area contributed by atoms with Crippen LogP contribution in [0.15, 0.2) is 30.3 Å². The molecule has 0 saturated heterocycles. The van der Waals surface area contributed by atoms with Crippen LogP contribution >= 0.6 is 0 Å². The first-order valence-electron chi connectivity index (χ1n) is 6.81. The van der Waals surface area contributed by atoms with E-state index in [-0.39, 0.29) is 18.9 Å². The highest BCUT2D eigenvalue weighted by atomic mass is 16.7. The number of hydrogen-bond acceptors (Lipinski definition) is 5. The van der Waals surface area contributed by atoms with Gasteiger partial charge in [0.25, 0.3) is 0 Å². The second-order valence-corrected chi connectivity index (χ2v) is 5.13. The highest BCUT2D eigenvalue weighted by molar-refractivity contribution is 5.73. The highest BCUT2D eigenvalue weighted by Gasteiger charge is 2.15. The number of amides is 1. The van der Waals surface area contributed by atoms with E-state index in [1.807, 2.05) is 49.7 Å². The molecule has 6 heteroatoms. The van der Waals surface area contributed by atoms with Gasteiger partial charge in [0.1, 0.15) is 6.61 Å². The highest BCUT2D eigenvalue weighted by Crippen LogP contribution is 2.08. The zero-order valence-corrected chi connectivity index (χ0v) is 12.2. The molecule has 0 bridgehead atoms. The zero-order chi connectivity index (χ0) is 15.7. The lowest BCUT2D eigenvalue weighted by atomic mass is 10.0. The predicted octanol–water partition coefficient (Wildman–Crippen LogP) is 2.17. The van der Waals surface area contributed by atoms with Crippen LogP contribution in [0.5, 0.6) is 0 Å². The maximum atomic E-state index is 11.4. The van der Waals surface area contributed by atoms with Gasteiger partial charge in [-0.25, -0.2) is 9.59 Å². The SMILES string of the molecule is CC(C)CC(O)CC(=O)ONC(=O)OCc1ccccc1. The van der Waals surface area contributed by atoms with Crippen LogP contribution in [0.25, 0.3) is 0 Å². The van der Waals surface area contributed by atoms with Crippen molar-refractivity contribution in [2.45, 2.75) is 39.4 Å². The number of rotatable bonds is 6. The van der Waals surface area contributed by atoms with Crippen molar-refractivity contribution in [2.24, 2.45) is 5.92 Å². The molecule has 2 N–H and O–H groups in total. The lowest BCUT2D eigenvalue weighted by Gasteiger charge is -2.12. The molecule has 6 nitrogen and oxygen atoms in total. The summed E-state index contributed by atoms with van der Waals surface area (Å²) in [7, 11) is 0. The maximum Gasteiger partial charge on any atom is 0.441 e. The van der Waals surface area contributed by atoms with Gasteiger partial charge in [-0.2, -0.15) is 0 Å². The van der Waals surface area contributed by atoms with Gasteiger partial charge in [0.05, 0.1) is 12.5 Å².